The van der Waals surface area contributed by atoms with E-state index in [1.165, 1.54) is 12.1 Å². The number of aliphatic hydroxyl groups is 1. The molecule has 0 saturated heterocycles. The maximum atomic E-state index is 12.5. The predicted molar refractivity (Wildman–Crippen MR) is 72.7 cm³/mol. The van der Waals surface area contributed by atoms with Crippen molar-refractivity contribution in [3.8, 4) is 0 Å². The third kappa shape index (κ3) is 3.64. The van der Waals surface area contributed by atoms with Crippen LogP contribution < -0.4 is 0 Å². The number of nitrogens with zero attached hydrogens (tertiary/aromatic N) is 2. The number of halogens is 3. The third-order valence-electron chi connectivity index (χ3n) is 3.41. The van der Waals surface area contributed by atoms with Crippen molar-refractivity contribution < 1.29 is 18.3 Å². The van der Waals surface area contributed by atoms with Gasteiger partial charge in [-0.2, -0.15) is 18.3 Å². The van der Waals surface area contributed by atoms with Crippen LogP contribution in [0.3, 0.4) is 0 Å². The van der Waals surface area contributed by atoms with Gasteiger partial charge in [-0.05, 0) is 30.2 Å². The number of benzene rings is 1. The van der Waals surface area contributed by atoms with Gasteiger partial charge in [-0.1, -0.05) is 19.1 Å². The molecule has 0 aliphatic heterocycles. The van der Waals surface area contributed by atoms with E-state index >= 15 is 0 Å². The molecule has 0 spiro atoms. The highest BCUT2D eigenvalue weighted by molar-refractivity contribution is 5.27. The van der Waals surface area contributed by atoms with Crippen molar-refractivity contribution in [2.24, 2.45) is 7.05 Å². The summed E-state index contributed by atoms with van der Waals surface area (Å²) in [5, 5.41) is 14.4. The lowest BCUT2D eigenvalue weighted by molar-refractivity contribution is -0.137. The van der Waals surface area contributed by atoms with Gasteiger partial charge in [-0.3, -0.25) is 4.68 Å². The lowest BCUT2D eigenvalue weighted by atomic mass is 10.0. The highest BCUT2D eigenvalue weighted by atomic mass is 19.4. The quantitative estimate of drug-likeness (QED) is 0.940. The summed E-state index contributed by atoms with van der Waals surface area (Å²) >= 11 is 0. The zero-order chi connectivity index (χ0) is 15.6. The van der Waals surface area contributed by atoms with E-state index in [1.54, 1.807) is 11.7 Å². The van der Waals surface area contributed by atoms with Crippen LogP contribution in [-0.4, -0.2) is 14.9 Å². The molecule has 1 aromatic carbocycles. The molecule has 2 rings (SSSR count). The number of hydrogen-bond donors (Lipinski definition) is 1. The molecule has 0 saturated carbocycles. The van der Waals surface area contributed by atoms with E-state index in [9.17, 15) is 18.3 Å². The maximum Gasteiger partial charge on any atom is 0.416 e. The Morgan fingerprint density at radius 1 is 1.24 bits per heavy atom. The Morgan fingerprint density at radius 2 is 1.86 bits per heavy atom. The normalized spacial score (nSPS) is 13.4. The minimum atomic E-state index is -4.36. The number of hydrogen-bond acceptors (Lipinski definition) is 2. The molecule has 0 bridgehead atoms. The van der Waals surface area contributed by atoms with Crippen molar-refractivity contribution in [2.45, 2.75) is 32.0 Å². The smallest absolute Gasteiger partial charge is 0.388 e. The van der Waals surface area contributed by atoms with Crippen LogP contribution in [0.4, 0.5) is 13.2 Å². The first-order chi connectivity index (χ1) is 9.81. The SMILES string of the molecule is CCc1cc(CC(O)c2ccc(C(F)(F)F)cc2)n(C)n1. The zero-order valence-electron chi connectivity index (χ0n) is 11.9. The second kappa shape index (κ2) is 5.89. The summed E-state index contributed by atoms with van der Waals surface area (Å²) in [7, 11) is 1.79. The van der Waals surface area contributed by atoms with Gasteiger partial charge in [0, 0.05) is 19.2 Å². The minimum Gasteiger partial charge on any atom is -0.388 e. The molecule has 6 heteroatoms. The van der Waals surface area contributed by atoms with Gasteiger partial charge in [0.15, 0.2) is 0 Å². The fraction of sp³-hybridized carbons (Fsp3) is 0.400. The topological polar surface area (TPSA) is 38.0 Å². The van der Waals surface area contributed by atoms with Gasteiger partial charge in [0.05, 0.1) is 17.4 Å². The molecule has 0 radical (unpaired) electrons. The lowest BCUT2D eigenvalue weighted by Gasteiger charge is -2.13. The van der Waals surface area contributed by atoms with Crippen LogP contribution in [-0.2, 0) is 26.1 Å². The second-order valence-corrected chi connectivity index (χ2v) is 4.94. The Bertz CT molecular complexity index is 602. The fourth-order valence-electron chi connectivity index (χ4n) is 2.15. The summed E-state index contributed by atoms with van der Waals surface area (Å²) in [6.45, 7) is 1.98. The largest absolute Gasteiger partial charge is 0.416 e. The second-order valence-electron chi connectivity index (χ2n) is 4.94. The van der Waals surface area contributed by atoms with Crippen LogP contribution in [0.25, 0.3) is 0 Å². The van der Waals surface area contributed by atoms with E-state index in [2.05, 4.69) is 5.10 Å². The van der Waals surface area contributed by atoms with E-state index < -0.39 is 17.8 Å². The van der Waals surface area contributed by atoms with E-state index in [0.29, 0.717) is 12.0 Å². The summed E-state index contributed by atoms with van der Waals surface area (Å²) in [5.74, 6) is 0. The molecule has 1 N–H and O–H groups in total. The first kappa shape index (κ1) is 15.6. The van der Waals surface area contributed by atoms with E-state index in [0.717, 1.165) is 29.9 Å². The minimum absolute atomic E-state index is 0.314. The average Bonchev–Trinajstić information content (AvgIpc) is 2.78. The van der Waals surface area contributed by atoms with E-state index in [4.69, 9.17) is 0 Å². The molecule has 0 aliphatic carbocycles. The summed E-state index contributed by atoms with van der Waals surface area (Å²) < 4.78 is 39.2. The van der Waals surface area contributed by atoms with Crippen molar-refractivity contribution >= 4 is 0 Å². The number of alkyl halides is 3. The van der Waals surface area contributed by atoms with Crippen LogP contribution in [0, 0.1) is 0 Å². The standard InChI is InChI=1S/C15H17F3N2O/c1-3-12-8-13(20(2)19-12)9-14(21)10-4-6-11(7-5-10)15(16,17)18/h4-8,14,21H,3,9H2,1-2H3. The van der Waals surface area contributed by atoms with Crippen LogP contribution in [0.1, 0.15) is 35.5 Å². The monoisotopic (exact) mass is 298 g/mol. The van der Waals surface area contributed by atoms with Crippen molar-refractivity contribution in [1.29, 1.82) is 0 Å². The van der Waals surface area contributed by atoms with Gasteiger partial charge < -0.3 is 5.11 Å². The Labute approximate surface area is 121 Å². The maximum absolute atomic E-state index is 12.5. The molecular formula is C15H17F3N2O. The Kier molecular flexibility index (Phi) is 4.37. The first-order valence-corrected chi connectivity index (χ1v) is 6.68. The molecule has 1 unspecified atom stereocenters. The lowest BCUT2D eigenvalue weighted by Crippen LogP contribution is -2.08. The molecule has 1 atom stereocenters. The average molecular weight is 298 g/mol. The van der Waals surface area contributed by atoms with E-state index in [1.807, 2.05) is 13.0 Å². The van der Waals surface area contributed by atoms with Gasteiger partial charge >= 0.3 is 6.18 Å². The van der Waals surface area contributed by atoms with E-state index in [-0.39, 0.29) is 0 Å². The Morgan fingerprint density at radius 3 is 2.33 bits per heavy atom. The van der Waals surface area contributed by atoms with Crippen molar-refractivity contribution in [3.63, 3.8) is 0 Å². The van der Waals surface area contributed by atoms with Crippen LogP contribution >= 0.6 is 0 Å². The molecular weight excluding hydrogens is 281 g/mol. The third-order valence-corrected chi connectivity index (χ3v) is 3.41. The van der Waals surface area contributed by atoms with Gasteiger partial charge in [0.1, 0.15) is 0 Å². The van der Waals surface area contributed by atoms with Crippen LogP contribution in [0.5, 0.6) is 0 Å². The predicted octanol–water partition coefficient (Wildman–Crippen LogP) is 3.28. The number of aliphatic hydroxyl groups excluding tert-OH is 1. The molecule has 0 fully saturated rings. The molecule has 0 aliphatic rings. The van der Waals surface area contributed by atoms with Gasteiger partial charge in [0.2, 0.25) is 0 Å². The fourth-order valence-corrected chi connectivity index (χ4v) is 2.15. The summed E-state index contributed by atoms with van der Waals surface area (Å²) in [4.78, 5) is 0. The van der Waals surface area contributed by atoms with Crippen LogP contribution in [0.15, 0.2) is 30.3 Å². The molecule has 0 amide bonds. The van der Waals surface area contributed by atoms with Gasteiger partial charge in [0.25, 0.3) is 0 Å². The molecule has 21 heavy (non-hydrogen) atoms. The summed E-state index contributed by atoms with van der Waals surface area (Å²) in [5.41, 5.74) is 1.51. The van der Waals surface area contributed by atoms with Gasteiger partial charge in [-0.25, -0.2) is 0 Å². The molecule has 1 aromatic heterocycles. The highest BCUT2D eigenvalue weighted by Crippen LogP contribution is 2.30. The van der Waals surface area contributed by atoms with Crippen molar-refractivity contribution in [2.75, 3.05) is 0 Å². The van der Waals surface area contributed by atoms with Crippen molar-refractivity contribution in [1.82, 2.24) is 9.78 Å². The zero-order valence-corrected chi connectivity index (χ0v) is 11.9. The number of aryl methyl sites for hydroxylation is 2. The Hall–Kier alpha value is -1.82. The molecule has 114 valence electrons. The summed E-state index contributed by atoms with van der Waals surface area (Å²) in [6, 6.07) is 6.49. The van der Waals surface area contributed by atoms with Crippen LogP contribution in [0.2, 0.25) is 0 Å². The van der Waals surface area contributed by atoms with Crippen molar-refractivity contribution in [3.05, 3.63) is 52.8 Å². The molecule has 1 heterocycles. The van der Waals surface area contributed by atoms with Gasteiger partial charge in [-0.15, -0.1) is 0 Å². The highest BCUT2D eigenvalue weighted by Gasteiger charge is 2.30. The Balaban J connectivity index is 2.13. The first-order valence-electron chi connectivity index (χ1n) is 6.68. The number of aromatic nitrogens is 2. The summed E-state index contributed by atoms with van der Waals surface area (Å²) in [6.07, 6.45) is -4.10. The molecule has 3 nitrogen and oxygen atoms in total. The molecule has 2 aromatic rings. The number of rotatable bonds is 4.